The van der Waals surface area contributed by atoms with Crippen molar-refractivity contribution in [1.29, 1.82) is 0 Å². The molecule has 0 bridgehead atoms. The quantitative estimate of drug-likeness (QED) is 0.733. The van der Waals surface area contributed by atoms with Crippen LogP contribution >= 0.6 is 0 Å². The molecule has 0 saturated carbocycles. The van der Waals surface area contributed by atoms with Crippen LogP contribution in [0.15, 0.2) is 24.4 Å². The molecule has 1 amide bonds. The van der Waals surface area contributed by atoms with Crippen LogP contribution in [0.2, 0.25) is 0 Å². The Labute approximate surface area is 133 Å². The normalized spacial score (nSPS) is 11.6. The van der Waals surface area contributed by atoms with Crippen LogP contribution in [-0.2, 0) is 16.0 Å². The standard InChI is InChI=1S/C17H21FN2O3/c1-3-17(4-2,16(22)23)10-20-15(21)7-11-9-19-14-8-12(18)5-6-13(11)14/h5-6,8-9,19H,3-4,7,10H2,1-2H3,(H,20,21)(H,22,23). The molecular formula is C17H21FN2O3. The summed E-state index contributed by atoms with van der Waals surface area (Å²) >= 11 is 0. The molecule has 6 heteroatoms. The topological polar surface area (TPSA) is 82.2 Å². The van der Waals surface area contributed by atoms with Crippen molar-refractivity contribution >= 4 is 22.8 Å². The maximum absolute atomic E-state index is 13.2. The highest BCUT2D eigenvalue weighted by atomic mass is 19.1. The van der Waals surface area contributed by atoms with Crippen LogP contribution in [0.4, 0.5) is 4.39 Å². The molecule has 1 heterocycles. The van der Waals surface area contributed by atoms with Crippen molar-refractivity contribution in [2.75, 3.05) is 6.54 Å². The van der Waals surface area contributed by atoms with Crippen LogP contribution in [0, 0.1) is 11.2 Å². The largest absolute Gasteiger partial charge is 0.481 e. The third kappa shape index (κ3) is 3.52. The second-order valence-electron chi connectivity index (χ2n) is 5.75. The van der Waals surface area contributed by atoms with E-state index >= 15 is 0 Å². The monoisotopic (exact) mass is 320 g/mol. The zero-order valence-electron chi connectivity index (χ0n) is 13.3. The summed E-state index contributed by atoms with van der Waals surface area (Å²) in [5.74, 6) is -1.49. The van der Waals surface area contributed by atoms with Crippen molar-refractivity contribution < 1.29 is 19.1 Å². The Kier molecular flexibility index (Phi) is 5.03. The number of carboxylic acids is 1. The Morgan fingerprint density at radius 2 is 2.00 bits per heavy atom. The van der Waals surface area contributed by atoms with E-state index in [1.807, 2.05) is 0 Å². The lowest BCUT2D eigenvalue weighted by Gasteiger charge is -2.26. The third-order valence-corrected chi connectivity index (χ3v) is 4.51. The molecule has 0 fully saturated rings. The number of aromatic amines is 1. The van der Waals surface area contributed by atoms with E-state index in [0.717, 1.165) is 10.9 Å². The summed E-state index contributed by atoms with van der Waals surface area (Å²) in [6.45, 7) is 3.71. The lowest BCUT2D eigenvalue weighted by atomic mass is 9.82. The molecule has 1 aromatic carbocycles. The summed E-state index contributed by atoms with van der Waals surface area (Å²) in [7, 11) is 0. The molecule has 5 nitrogen and oxygen atoms in total. The van der Waals surface area contributed by atoms with E-state index in [9.17, 15) is 19.1 Å². The maximum atomic E-state index is 13.2. The second kappa shape index (κ2) is 6.81. The fourth-order valence-electron chi connectivity index (χ4n) is 2.69. The summed E-state index contributed by atoms with van der Waals surface area (Å²) in [5, 5.41) is 12.9. The number of H-pyrrole nitrogens is 1. The zero-order valence-corrected chi connectivity index (χ0v) is 13.3. The summed E-state index contributed by atoms with van der Waals surface area (Å²) in [4.78, 5) is 26.5. The Morgan fingerprint density at radius 1 is 1.30 bits per heavy atom. The van der Waals surface area contributed by atoms with E-state index < -0.39 is 11.4 Å². The van der Waals surface area contributed by atoms with Crippen molar-refractivity contribution in [3.63, 3.8) is 0 Å². The summed E-state index contributed by atoms with van der Waals surface area (Å²) in [5.41, 5.74) is 0.458. The number of hydrogen-bond donors (Lipinski definition) is 3. The number of fused-ring (bicyclic) bond motifs is 1. The van der Waals surface area contributed by atoms with Gasteiger partial charge in [0.1, 0.15) is 5.82 Å². The molecule has 1 aromatic heterocycles. The van der Waals surface area contributed by atoms with E-state index in [4.69, 9.17) is 0 Å². The number of aliphatic carboxylic acids is 1. The first kappa shape index (κ1) is 17.0. The van der Waals surface area contributed by atoms with Crippen molar-refractivity contribution in [3.8, 4) is 0 Å². The molecule has 0 saturated heterocycles. The molecule has 2 rings (SSSR count). The molecule has 0 aliphatic rings. The first-order chi connectivity index (χ1) is 10.9. The summed E-state index contributed by atoms with van der Waals surface area (Å²) < 4.78 is 13.2. The van der Waals surface area contributed by atoms with Crippen molar-refractivity contribution in [1.82, 2.24) is 10.3 Å². The van der Waals surface area contributed by atoms with Gasteiger partial charge in [0.25, 0.3) is 0 Å². The molecule has 0 atom stereocenters. The molecule has 0 aliphatic heterocycles. The Bertz CT molecular complexity index is 720. The van der Waals surface area contributed by atoms with E-state index in [2.05, 4.69) is 10.3 Å². The van der Waals surface area contributed by atoms with Gasteiger partial charge < -0.3 is 15.4 Å². The molecular weight excluding hydrogens is 299 g/mol. The highest BCUT2D eigenvalue weighted by molar-refractivity contribution is 5.89. The average Bonchev–Trinajstić information content (AvgIpc) is 2.90. The van der Waals surface area contributed by atoms with Gasteiger partial charge in [0.05, 0.1) is 11.8 Å². The van der Waals surface area contributed by atoms with Gasteiger partial charge in [-0.2, -0.15) is 0 Å². The minimum Gasteiger partial charge on any atom is -0.481 e. The number of carbonyl (C=O) groups excluding carboxylic acids is 1. The first-order valence-electron chi connectivity index (χ1n) is 7.67. The van der Waals surface area contributed by atoms with Gasteiger partial charge in [0.2, 0.25) is 5.91 Å². The number of carbonyl (C=O) groups is 2. The fraction of sp³-hybridized carbons (Fsp3) is 0.412. The lowest BCUT2D eigenvalue weighted by molar-refractivity contribution is -0.149. The van der Waals surface area contributed by atoms with Gasteiger partial charge in [0, 0.05) is 23.6 Å². The average molecular weight is 320 g/mol. The number of hydrogen-bond acceptors (Lipinski definition) is 2. The lowest BCUT2D eigenvalue weighted by Crippen LogP contribution is -2.42. The molecule has 2 aromatic rings. The first-order valence-corrected chi connectivity index (χ1v) is 7.67. The number of benzene rings is 1. The number of nitrogens with one attached hydrogen (secondary N) is 2. The highest BCUT2D eigenvalue weighted by Gasteiger charge is 2.35. The van der Waals surface area contributed by atoms with Crippen molar-refractivity contribution in [2.45, 2.75) is 33.1 Å². The molecule has 3 N–H and O–H groups in total. The van der Waals surface area contributed by atoms with E-state index in [-0.39, 0.29) is 24.7 Å². The minimum atomic E-state index is -0.932. The van der Waals surface area contributed by atoms with Gasteiger partial charge >= 0.3 is 5.97 Å². The molecule has 0 spiro atoms. The van der Waals surface area contributed by atoms with Crippen LogP contribution in [0.3, 0.4) is 0 Å². The van der Waals surface area contributed by atoms with Gasteiger partial charge in [-0.15, -0.1) is 0 Å². The second-order valence-corrected chi connectivity index (χ2v) is 5.75. The predicted octanol–water partition coefficient (Wildman–Crippen LogP) is 2.86. The Hall–Kier alpha value is -2.37. The van der Waals surface area contributed by atoms with Crippen LogP contribution in [0.5, 0.6) is 0 Å². The molecule has 0 radical (unpaired) electrons. The fourth-order valence-corrected chi connectivity index (χ4v) is 2.69. The Balaban J connectivity index is 2.05. The van der Waals surface area contributed by atoms with Crippen molar-refractivity contribution in [3.05, 3.63) is 35.8 Å². The molecule has 0 aliphatic carbocycles. The van der Waals surface area contributed by atoms with Crippen molar-refractivity contribution in [2.24, 2.45) is 5.41 Å². The maximum Gasteiger partial charge on any atom is 0.311 e. The zero-order chi connectivity index (χ0) is 17.0. The van der Waals surface area contributed by atoms with Gasteiger partial charge in [-0.1, -0.05) is 13.8 Å². The van der Waals surface area contributed by atoms with E-state index in [0.29, 0.717) is 18.4 Å². The van der Waals surface area contributed by atoms with E-state index in [1.165, 1.54) is 12.1 Å². The van der Waals surface area contributed by atoms with Crippen LogP contribution in [0.1, 0.15) is 32.3 Å². The number of aromatic nitrogens is 1. The molecule has 0 unspecified atom stereocenters. The molecule has 23 heavy (non-hydrogen) atoms. The number of carboxylic acid groups (broad SMARTS) is 1. The number of rotatable bonds is 7. The smallest absolute Gasteiger partial charge is 0.311 e. The number of amides is 1. The van der Waals surface area contributed by atoms with Gasteiger partial charge in [-0.3, -0.25) is 9.59 Å². The summed E-state index contributed by atoms with van der Waals surface area (Å²) in [6.07, 6.45) is 2.69. The SMILES string of the molecule is CCC(CC)(CNC(=O)Cc1c[nH]c2cc(F)ccc12)C(=O)O. The van der Waals surface area contributed by atoms with Crippen LogP contribution in [0.25, 0.3) is 10.9 Å². The highest BCUT2D eigenvalue weighted by Crippen LogP contribution is 2.26. The van der Waals surface area contributed by atoms with Gasteiger partial charge in [0.15, 0.2) is 0 Å². The van der Waals surface area contributed by atoms with Gasteiger partial charge in [-0.05, 0) is 36.6 Å². The third-order valence-electron chi connectivity index (χ3n) is 4.51. The number of halogens is 1. The summed E-state index contributed by atoms with van der Waals surface area (Å²) in [6, 6.07) is 4.35. The van der Waals surface area contributed by atoms with E-state index in [1.54, 1.807) is 26.1 Å². The van der Waals surface area contributed by atoms with Gasteiger partial charge in [-0.25, -0.2) is 4.39 Å². The molecule has 124 valence electrons. The Morgan fingerprint density at radius 3 is 2.61 bits per heavy atom. The minimum absolute atomic E-state index is 0.102. The predicted molar refractivity (Wildman–Crippen MR) is 85.6 cm³/mol. The van der Waals surface area contributed by atoms with Crippen LogP contribution in [-0.4, -0.2) is 28.5 Å². The van der Waals surface area contributed by atoms with Crippen LogP contribution < -0.4 is 5.32 Å².